The maximum Gasteiger partial charge on any atom is 0.355 e. The smallest absolute Gasteiger partial charge is 0.355 e. The minimum Gasteiger partial charge on any atom is -0.497 e. The van der Waals surface area contributed by atoms with Crippen LogP contribution in [0.4, 0.5) is 5.13 Å². The molecule has 0 saturated carbocycles. The molecule has 1 saturated heterocycles. The highest BCUT2D eigenvalue weighted by atomic mass is 32.2. The lowest BCUT2D eigenvalue weighted by molar-refractivity contribution is -0.179. The van der Waals surface area contributed by atoms with Crippen LogP contribution in [0.3, 0.4) is 0 Å². The molecule has 0 spiro atoms. The van der Waals surface area contributed by atoms with Crippen LogP contribution in [0.25, 0.3) is 0 Å². The van der Waals surface area contributed by atoms with Gasteiger partial charge in [0.2, 0.25) is 5.60 Å². The number of oxime groups is 1. The van der Waals surface area contributed by atoms with E-state index < -0.39 is 59.3 Å². The number of hydrogen-bond donors (Lipinski definition) is 2. The number of thiazole rings is 1. The number of allylic oxidation sites excluding steroid dienone is 1. The summed E-state index contributed by atoms with van der Waals surface area (Å²) in [5.74, 6) is -1.93. The second-order valence-electron chi connectivity index (χ2n) is 20.5. The first-order valence-corrected chi connectivity index (χ1v) is 29.7. The Bertz CT molecular complexity index is 3340. The van der Waals surface area contributed by atoms with E-state index in [1.54, 1.807) is 93.9 Å². The van der Waals surface area contributed by atoms with E-state index in [1.807, 2.05) is 127 Å². The number of methoxy groups -OCH3 is 1. The van der Waals surface area contributed by atoms with E-state index in [-0.39, 0.29) is 42.5 Å². The number of rotatable bonds is 22. The normalized spacial score (nSPS) is 15.8. The van der Waals surface area contributed by atoms with E-state index in [4.69, 9.17) is 28.6 Å². The van der Waals surface area contributed by atoms with Crippen molar-refractivity contribution < 1.29 is 47.3 Å². The van der Waals surface area contributed by atoms with Crippen molar-refractivity contribution in [3.8, 4) is 5.75 Å². The van der Waals surface area contributed by atoms with Crippen molar-refractivity contribution in [2.24, 2.45) is 5.16 Å². The van der Waals surface area contributed by atoms with E-state index >= 15 is 0 Å². The third-order valence-electron chi connectivity index (χ3n) is 13.3. The molecule has 0 radical (unpaired) electrons. The highest BCUT2D eigenvalue weighted by molar-refractivity contribution is 8.00. The van der Waals surface area contributed by atoms with Crippen molar-refractivity contribution in [1.29, 1.82) is 0 Å². The van der Waals surface area contributed by atoms with Gasteiger partial charge in [0.05, 0.1) is 13.7 Å². The van der Waals surface area contributed by atoms with Gasteiger partial charge in [0, 0.05) is 21.7 Å². The van der Waals surface area contributed by atoms with E-state index in [9.17, 15) is 23.7 Å². The quantitative estimate of drug-likeness (QED) is 0.0124. The van der Waals surface area contributed by atoms with Crippen LogP contribution < -0.4 is 26.0 Å². The molecule has 9 rings (SSSR count). The topological polar surface area (TPSA) is 184 Å². The number of anilines is 1. The summed E-state index contributed by atoms with van der Waals surface area (Å²) >= 11 is 2.59. The van der Waals surface area contributed by atoms with E-state index in [0.29, 0.717) is 32.6 Å². The summed E-state index contributed by atoms with van der Waals surface area (Å²) < 4.78 is 37.5. The fourth-order valence-corrected chi connectivity index (χ4v) is 13.3. The van der Waals surface area contributed by atoms with Gasteiger partial charge in [-0.25, -0.2) is 14.6 Å². The highest BCUT2D eigenvalue weighted by Crippen LogP contribution is 2.46. The third kappa shape index (κ3) is 13.1. The van der Waals surface area contributed by atoms with Crippen LogP contribution in [0.2, 0.25) is 0 Å². The molecule has 15 nitrogen and oxygen atoms in total. The zero-order valence-corrected chi connectivity index (χ0v) is 48.2. The summed E-state index contributed by atoms with van der Waals surface area (Å²) in [5, 5.41) is 13.4. The Hall–Kier alpha value is -8.08. The van der Waals surface area contributed by atoms with Gasteiger partial charge in [0.15, 0.2) is 10.8 Å². The van der Waals surface area contributed by atoms with Gasteiger partial charge >= 0.3 is 11.9 Å². The van der Waals surface area contributed by atoms with Crippen molar-refractivity contribution in [3.05, 3.63) is 233 Å². The van der Waals surface area contributed by atoms with Gasteiger partial charge < -0.3 is 34.2 Å². The first-order valence-electron chi connectivity index (χ1n) is 26.2. The largest absolute Gasteiger partial charge is 0.497 e. The number of aromatic nitrogens is 1. The molecule has 2 aliphatic heterocycles. The summed E-state index contributed by atoms with van der Waals surface area (Å²) in [6, 6.07) is 53.9. The minimum absolute atomic E-state index is 0.00876. The molecule has 0 bridgehead atoms. The number of esters is 2. The molecule has 2 aliphatic rings. The molecule has 7 aromatic rings. The molecule has 2 N–H and O–H groups in total. The van der Waals surface area contributed by atoms with Crippen LogP contribution in [0.1, 0.15) is 69.0 Å². The number of nitrogens with zero attached hydrogens (tertiary/aromatic N) is 3. The van der Waals surface area contributed by atoms with E-state index in [0.717, 1.165) is 16.7 Å². The number of nitrogens with one attached hydrogen (secondary N) is 2. The SMILES string of the molecule is COc1ccc(COC(=O)C2=C(C/C=C/COP(=O)(c3ccccc3)c3ccccc3)CS[C@H]3[C@H](NC(=O)/C(=N\OC(C)(C)C(=O)OC(C)(C)C)c4csc(NC(c5ccccc5)(c5ccccc5)c5ccccc5)n4)C(=O)N23)cc1. The average molecular weight is 1140 g/mol. The molecular weight excluding hydrogens is 1080 g/mol. The number of carbonyl (C=O) groups is 4. The molecule has 2 amide bonds. The van der Waals surface area contributed by atoms with Crippen molar-refractivity contribution in [3.63, 3.8) is 0 Å². The lowest BCUT2D eigenvalue weighted by Gasteiger charge is -2.49. The van der Waals surface area contributed by atoms with E-state index in [2.05, 4.69) is 15.8 Å². The third-order valence-corrected chi connectivity index (χ3v) is 17.8. The second-order valence-corrected chi connectivity index (χ2v) is 24.8. The molecule has 0 aliphatic carbocycles. The number of carbonyl (C=O) groups excluding carboxylic acids is 4. The molecule has 18 heteroatoms. The van der Waals surface area contributed by atoms with Crippen molar-refractivity contribution in [1.82, 2.24) is 15.2 Å². The Balaban J connectivity index is 0.999. The van der Waals surface area contributed by atoms with Crippen molar-refractivity contribution in [2.75, 3.05) is 24.8 Å². The van der Waals surface area contributed by atoms with Gasteiger partial charge in [-0.05, 0) is 105 Å². The van der Waals surface area contributed by atoms with Gasteiger partial charge in [-0.1, -0.05) is 157 Å². The number of β-lactam (4-membered cyclic amide) rings is 1. The van der Waals surface area contributed by atoms with Gasteiger partial charge in [0.1, 0.15) is 46.3 Å². The zero-order chi connectivity index (χ0) is 57.2. The molecule has 2 atom stereocenters. The number of hydrogen-bond acceptors (Lipinski definition) is 15. The molecule has 3 heterocycles. The first-order chi connectivity index (χ1) is 39.0. The highest BCUT2D eigenvalue weighted by Gasteiger charge is 2.55. The number of fused-ring (bicyclic) bond motifs is 1. The lowest BCUT2D eigenvalue weighted by Crippen LogP contribution is -2.71. The molecule has 1 fully saturated rings. The predicted octanol–water partition coefficient (Wildman–Crippen LogP) is 10.7. The standard InChI is InChI=1S/C63H62N5O10PS2/c1-61(2,3)77-59(72)62(4,5)78-67-52(51-42-81-60(64-51)66-63(45-25-12-7-13-26-45,46-27-14-8-15-28-46)47-29-16-9-17-30-47)55(69)65-53-56(70)68-54(58(71)75-40-43-35-37-48(74-6)38-36-43)44(41-80-57(53)68)24-22-23-39-76-79(73,49-31-18-10-19-32-49)50-33-20-11-21-34-50/h7-23,25-38,42,53,57H,24,39-41H2,1-6H3,(H,64,66)(H,65,69)/b23-22+,67-52-/t53-,57+/m1/s1. The fourth-order valence-electron chi connectivity index (χ4n) is 9.15. The Kier molecular flexibility index (Phi) is 17.9. The minimum atomic E-state index is -3.48. The Morgan fingerprint density at radius 2 is 1.30 bits per heavy atom. The summed E-state index contributed by atoms with van der Waals surface area (Å²) in [7, 11) is -1.92. The first kappa shape index (κ1) is 57.6. The van der Waals surface area contributed by atoms with Crippen LogP contribution >= 0.6 is 30.5 Å². The lowest BCUT2D eigenvalue weighted by atomic mass is 9.77. The van der Waals surface area contributed by atoms with Crippen LogP contribution in [0.5, 0.6) is 5.75 Å². The van der Waals surface area contributed by atoms with Crippen LogP contribution in [-0.2, 0) is 54.7 Å². The Morgan fingerprint density at radius 3 is 1.83 bits per heavy atom. The molecule has 81 heavy (non-hydrogen) atoms. The second kappa shape index (κ2) is 25.2. The summed E-state index contributed by atoms with van der Waals surface area (Å²) in [6.45, 7) is 8.03. The molecular formula is C63H62N5O10PS2. The van der Waals surface area contributed by atoms with E-state index in [1.165, 1.54) is 41.8 Å². The van der Waals surface area contributed by atoms with Gasteiger partial charge in [-0.15, -0.1) is 23.1 Å². The number of benzene rings is 6. The maximum absolute atomic E-state index is 14.9. The maximum atomic E-state index is 14.9. The van der Waals surface area contributed by atoms with Gasteiger partial charge in [0.25, 0.3) is 19.2 Å². The van der Waals surface area contributed by atoms with Crippen LogP contribution in [-0.4, -0.2) is 81.4 Å². The number of amides is 2. The summed E-state index contributed by atoms with van der Waals surface area (Å²) in [5.41, 5.74) is 0.390. The van der Waals surface area contributed by atoms with Gasteiger partial charge in [-0.3, -0.25) is 19.1 Å². The molecule has 6 aromatic carbocycles. The van der Waals surface area contributed by atoms with Crippen molar-refractivity contribution >= 4 is 75.7 Å². The fraction of sp³-hybridized carbons (Fsp3) is 0.238. The van der Waals surface area contributed by atoms with Crippen LogP contribution in [0, 0.1) is 0 Å². The predicted molar refractivity (Wildman–Crippen MR) is 317 cm³/mol. The average Bonchev–Trinajstić information content (AvgIpc) is 4.03. The van der Waals surface area contributed by atoms with Gasteiger partial charge in [-0.2, -0.15) is 0 Å². The summed E-state index contributed by atoms with van der Waals surface area (Å²) in [4.78, 5) is 69.4. The molecule has 0 unspecified atom stereocenters. The Morgan fingerprint density at radius 1 is 0.753 bits per heavy atom. The number of ether oxygens (including phenoxy) is 3. The molecule has 1 aromatic heterocycles. The monoisotopic (exact) mass is 1140 g/mol. The summed E-state index contributed by atoms with van der Waals surface area (Å²) in [6.07, 6.45) is 3.76. The zero-order valence-electron chi connectivity index (χ0n) is 45.6. The number of thioether (sulfide) groups is 1. The van der Waals surface area contributed by atoms with Crippen molar-refractivity contribution in [2.45, 2.75) is 75.8 Å². The Labute approximate surface area is 479 Å². The molecule has 416 valence electrons. The van der Waals surface area contributed by atoms with Crippen LogP contribution in [0.15, 0.2) is 210 Å².